The second-order valence-electron chi connectivity index (χ2n) is 6.52. The average molecular weight is 374 g/mol. The number of carbonyl (C=O) groups is 3. The topological polar surface area (TPSA) is 84.5 Å². The molecule has 0 heterocycles. The number of benzene rings is 1. The molecule has 0 fully saturated rings. The Balaban J connectivity index is 2.78. The highest BCUT2D eigenvalue weighted by atomic mass is 19.4. The van der Waals surface area contributed by atoms with Crippen LogP contribution in [-0.4, -0.2) is 42.1 Å². The molecular weight excluding hydrogens is 353 g/mol. The van der Waals surface area contributed by atoms with Crippen molar-refractivity contribution in [2.24, 2.45) is 0 Å². The fourth-order valence-corrected chi connectivity index (χ4v) is 1.96. The summed E-state index contributed by atoms with van der Waals surface area (Å²) in [5.41, 5.74) is -0.220. The summed E-state index contributed by atoms with van der Waals surface area (Å²) in [6, 6.07) is 6.72. The van der Waals surface area contributed by atoms with Crippen LogP contribution in [-0.2, 0) is 25.5 Å². The van der Waals surface area contributed by atoms with Gasteiger partial charge in [0.15, 0.2) is 0 Å². The van der Waals surface area contributed by atoms with Gasteiger partial charge in [0.05, 0.1) is 0 Å². The Morgan fingerprint density at radius 1 is 1.08 bits per heavy atom. The number of carbonyl (C=O) groups excluding carboxylic acids is 3. The van der Waals surface area contributed by atoms with Crippen molar-refractivity contribution in [1.82, 2.24) is 10.6 Å². The van der Waals surface area contributed by atoms with Gasteiger partial charge in [0.25, 0.3) is 0 Å². The molecule has 1 rings (SSSR count). The second-order valence-corrected chi connectivity index (χ2v) is 6.52. The largest absolute Gasteiger partial charge is 0.471 e. The molecule has 144 valence electrons. The molecule has 0 aliphatic heterocycles. The quantitative estimate of drug-likeness (QED) is 0.743. The number of amides is 2. The predicted octanol–water partition coefficient (Wildman–Crippen LogP) is 1.73. The number of rotatable bonds is 6. The summed E-state index contributed by atoms with van der Waals surface area (Å²) in [6.07, 6.45) is -5.29. The van der Waals surface area contributed by atoms with Crippen LogP contribution in [0.25, 0.3) is 0 Å². The molecule has 0 aliphatic rings. The molecule has 0 aromatic heterocycles. The SMILES string of the molecule is CC(C)(C)OC(=O)CNC(=O)[C@H](Cc1ccccc1)NC(=O)C(F)(F)F. The van der Waals surface area contributed by atoms with Crippen LogP contribution in [0.15, 0.2) is 30.3 Å². The number of alkyl halides is 3. The second kappa shape index (κ2) is 8.68. The highest BCUT2D eigenvalue weighted by Gasteiger charge is 2.40. The van der Waals surface area contributed by atoms with Crippen molar-refractivity contribution < 1.29 is 32.3 Å². The van der Waals surface area contributed by atoms with Crippen molar-refractivity contribution >= 4 is 17.8 Å². The van der Waals surface area contributed by atoms with E-state index in [0.717, 1.165) is 0 Å². The first-order valence-electron chi connectivity index (χ1n) is 7.79. The van der Waals surface area contributed by atoms with E-state index in [1.54, 1.807) is 56.4 Å². The minimum atomic E-state index is -5.12. The zero-order chi connectivity index (χ0) is 20.0. The molecule has 0 bridgehead atoms. The zero-order valence-electron chi connectivity index (χ0n) is 14.6. The summed E-state index contributed by atoms with van der Waals surface area (Å²) in [5, 5.41) is 3.84. The number of hydrogen-bond acceptors (Lipinski definition) is 4. The normalized spacial score (nSPS) is 12.8. The molecule has 1 aromatic carbocycles. The molecular formula is C17H21F3N2O4. The molecule has 0 spiro atoms. The maximum atomic E-state index is 12.5. The van der Waals surface area contributed by atoms with Gasteiger partial charge in [-0.15, -0.1) is 0 Å². The Morgan fingerprint density at radius 2 is 1.65 bits per heavy atom. The summed E-state index contributed by atoms with van der Waals surface area (Å²) in [6.45, 7) is 4.38. The van der Waals surface area contributed by atoms with E-state index in [0.29, 0.717) is 5.56 Å². The first kappa shape index (κ1) is 21.5. The summed E-state index contributed by atoms with van der Waals surface area (Å²) in [5.74, 6) is -3.89. The molecule has 2 N–H and O–H groups in total. The molecule has 1 atom stereocenters. The van der Waals surface area contributed by atoms with Crippen LogP contribution in [0, 0.1) is 0 Å². The number of nitrogens with one attached hydrogen (secondary N) is 2. The van der Waals surface area contributed by atoms with Crippen LogP contribution in [0.3, 0.4) is 0 Å². The molecule has 0 radical (unpaired) electrons. The molecule has 0 aliphatic carbocycles. The van der Waals surface area contributed by atoms with Gasteiger partial charge in [-0.1, -0.05) is 30.3 Å². The van der Waals surface area contributed by atoms with Crippen LogP contribution in [0.4, 0.5) is 13.2 Å². The summed E-state index contributed by atoms with van der Waals surface area (Å²) < 4.78 is 42.5. The van der Waals surface area contributed by atoms with Crippen LogP contribution >= 0.6 is 0 Å². The van der Waals surface area contributed by atoms with Crippen molar-refractivity contribution in [1.29, 1.82) is 0 Å². The Kier molecular flexibility index (Phi) is 7.17. The molecule has 6 nitrogen and oxygen atoms in total. The number of ether oxygens (including phenoxy) is 1. The fraction of sp³-hybridized carbons (Fsp3) is 0.471. The van der Waals surface area contributed by atoms with Gasteiger partial charge in [-0.05, 0) is 26.3 Å². The van der Waals surface area contributed by atoms with Gasteiger partial charge in [-0.25, -0.2) is 0 Å². The van der Waals surface area contributed by atoms with Gasteiger partial charge in [0.1, 0.15) is 18.2 Å². The lowest BCUT2D eigenvalue weighted by atomic mass is 10.1. The van der Waals surface area contributed by atoms with Crippen molar-refractivity contribution in [3.8, 4) is 0 Å². The minimum absolute atomic E-state index is 0.164. The van der Waals surface area contributed by atoms with Gasteiger partial charge >= 0.3 is 18.1 Å². The number of hydrogen-bond donors (Lipinski definition) is 2. The number of halogens is 3. The Hall–Kier alpha value is -2.58. The maximum Gasteiger partial charge on any atom is 0.471 e. The molecule has 2 amide bonds. The molecule has 1 aromatic rings. The van der Waals surface area contributed by atoms with E-state index >= 15 is 0 Å². The third-order valence-corrected chi connectivity index (χ3v) is 2.99. The van der Waals surface area contributed by atoms with Crippen molar-refractivity contribution in [2.75, 3.05) is 6.54 Å². The van der Waals surface area contributed by atoms with Gasteiger partial charge < -0.3 is 15.4 Å². The van der Waals surface area contributed by atoms with Crippen molar-refractivity contribution in [3.05, 3.63) is 35.9 Å². The zero-order valence-corrected chi connectivity index (χ0v) is 14.6. The fourth-order valence-electron chi connectivity index (χ4n) is 1.96. The van der Waals surface area contributed by atoms with E-state index < -0.39 is 42.1 Å². The van der Waals surface area contributed by atoms with E-state index in [1.807, 2.05) is 0 Å². The van der Waals surface area contributed by atoms with Gasteiger partial charge in [-0.3, -0.25) is 14.4 Å². The van der Waals surface area contributed by atoms with E-state index in [4.69, 9.17) is 4.74 Å². The minimum Gasteiger partial charge on any atom is -0.459 e. The Bertz CT molecular complexity index is 640. The average Bonchev–Trinajstić information content (AvgIpc) is 2.50. The standard InChI is InChI=1S/C17H21F3N2O4/c1-16(2,3)26-13(23)10-21-14(24)12(22-15(25)17(18,19)20)9-11-7-5-4-6-8-11/h4-8,12H,9-10H2,1-3H3,(H,21,24)(H,22,25)/t12-/m0/s1. The Morgan fingerprint density at radius 3 is 2.15 bits per heavy atom. The van der Waals surface area contributed by atoms with Crippen LogP contribution in [0.5, 0.6) is 0 Å². The van der Waals surface area contributed by atoms with Gasteiger partial charge in [-0.2, -0.15) is 13.2 Å². The molecule has 26 heavy (non-hydrogen) atoms. The molecule has 0 unspecified atom stereocenters. The van der Waals surface area contributed by atoms with Crippen LogP contribution in [0.1, 0.15) is 26.3 Å². The van der Waals surface area contributed by atoms with Gasteiger partial charge in [0.2, 0.25) is 5.91 Å². The third-order valence-electron chi connectivity index (χ3n) is 2.99. The van der Waals surface area contributed by atoms with Crippen molar-refractivity contribution in [3.63, 3.8) is 0 Å². The van der Waals surface area contributed by atoms with Crippen LogP contribution in [0.2, 0.25) is 0 Å². The van der Waals surface area contributed by atoms with E-state index in [-0.39, 0.29) is 6.42 Å². The first-order valence-corrected chi connectivity index (χ1v) is 7.79. The lowest BCUT2D eigenvalue weighted by Crippen LogP contribution is -2.52. The summed E-state index contributed by atoms with van der Waals surface area (Å²) >= 11 is 0. The predicted molar refractivity (Wildman–Crippen MR) is 87.0 cm³/mol. The van der Waals surface area contributed by atoms with E-state index in [1.165, 1.54) is 0 Å². The summed E-state index contributed by atoms with van der Waals surface area (Å²) in [4.78, 5) is 35.0. The molecule has 0 saturated heterocycles. The smallest absolute Gasteiger partial charge is 0.459 e. The summed E-state index contributed by atoms with van der Waals surface area (Å²) in [7, 11) is 0. The van der Waals surface area contributed by atoms with Crippen molar-refractivity contribution in [2.45, 2.75) is 45.0 Å². The lowest BCUT2D eigenvalue weighted by Gasteiger charge is -2.21. The highest BCUT2D eigenvalue weighted by molar-refractivity contribution is 5.91. The van der Waals surface area contributed by atoms with Crippen LogP contribution < -0.4 is 10.6 Å². The monoisotopic (exact) mass is 374 g/mol. The number of esters is 1. The Labute approximate surface area is 149 Å². The third kappa shape index (κ3) is 8.00. The maximum absolute atomic E-state index is 12.5. The van der Waals surface area contributed by atoms with Gasteiger partial charge in [0, 0.05) is 6.42 Å². The first-order chi connectivity index (χ1) is 11.9. The van der Waals surface area contributed by atoms with E-state index in [2.05, 4.69) is 5.32 Å². The molecule has 0 saturated carbocycles. The lowest BCUT2D eigenvalue weighted by molar-refractivity contribution is -0.174. The highest BCUT2D eigenvalue weighted by Crippen LogP contribution is 2.15. The molecule has 9 heteroatoms. The van der Waals surface area contributed by atoms with E-state index in [9.17, 15) is 27.6 Å².